The average molecular weight is 229 g/mol. The van der Waals surface area contributed by atoms with Gasteiger partial charge in [0.25, 0.3) is 5.56 Å². The van der Waals surface area contributed by atoms with Crippen molar-refractivity contribution >= 4 is 5.69 Å². The molecule has 1 aromatic carbocycles. The van der Waals surface area contributed by atoms with Crippen LogP contribution in [0.25, 0.3) is 0 Å². The molecule has 2 rings (SSSR count). The van der Waals surface area contributed by atoms with Crippen LogP contribution in [-0.2, 0) is 13.0 Å². The molecule has 0 atom stereocenters. The first-order valence-corrected chi connectivity index (χ1v) is 5.54. The van der Waals surface area contributed by atoms with Crippen LogP contribution in [0.3, 0.4) is 0 Å². The number of aryl methyl sites for hydroxylation is 3. The molecule has 2 aromatic rings. The molecule has 0 amide bonds. The second-order valence-corrected chi connectivity index (χ2v) is 4.03. The molecule has 0 radical (unpaired) electrons. The lowest BCUT2D eigenvalue weighted by Crippen LogP contribution is -2.23. The number of hydrogen-bond acceptors (Lipinski definition) is 3. The Bertz CT molecular complexity index is 558. The first-order valence-electron chi connectivity index (χ1n) is 5.54. The summed E-state index contributed by atoms with van der Waals surface area (Å²) in [6.45, 7) is 2.46. The van der Waals surface area contributed by atoms with Gasteiger partial charge in [-0.3, -0.25) is 4.79 Å². The van der Waals surface area contributed by atoms with E-state index in [0.717, 1.165) is 23.4 Å². The Kier molecular flexibility index (Phi) is 3.23. The highest BCUT2D eigenvalue weighted by Crippen LogP contribution is 2.06. The van der Waals surface area contributed by atoms with Gasteiger partial charge in [0.1, 0.15) is 0 Å². The van der Waals surface area contributed by atoms with E-state index < -0.39 is 0 Å². The lowest BCUT2D eigenvalue weighted by molar-refractivity contribution is 0.570. The molecule has 1 aromatic heterocycles. The van der Waals surface area contributed by atoms with Crippen LogP contribution in [0.15, 0.2) is 41.2 Å². The molecular weight excluding hydrogens is 214 g/mol. The highest BCUT2D eigenvalue weighted by molar-refractivity contribution is 5.39. The van der Waals surface area contributed by atoms with Crippen LogP contribution in [0.5, 0.6) is 0 Å². The van der Waals surface area contributed by atoms with E-state index in [4.69, 9.17) is 5.73 Å². The fourth-order valence-electron chi connectivity index (χ4n) is 1.63. The zero-order chi connectivity index (χ0) is 12.3. The molecule has 17 heavy (non-hydrogen) atoms. The lowest BCUT2D eigenvalue weighted by atomic mass is 10.1. The third-order valence-electron chi connectivity index (χ3n) is 2.59. The van der Waals surface area contributed by atoms with Gasteiger partial charge < -0.3 is 5.73 Å². The van der Waals surface area contributed by atoms with Gasteiger partial charge in [-0.25, -0.2) is 4.68 Å². The van der Waals surface area contributed by atoms with Gasteiger partial charge >= 0.3 is 0 Å². The van der Waals surface area contributed by atoms with Crippen molar-refractivity contribution < 1.29 is 0 Å². The van der Waals surface area contributed by atoms with Crippen LogP contribution in [0.4, 0.5) is 5.69 Å². The monoisotopic (exact) mass is 229 g/mol. The smallest absolute Gasteiger partial charge is 0.266 e. The van der Waals surface area contributed by atoms with Crippen molar-refractivity contribution in [3.63, 3.8) is 0 Å². The minimum atomic E-state index is -0.0638. The van der Waals surface area contributed by atoms with Gasteiger partial charge in [0.05, 0.1) is 5.69 Å². The van der Waals surface area contributed by atoms with E-state index in [0.29, 0.717) is 6.54 Å². The molecule has 0 spiro atoms. The second kappa shape index (κ2) is 4.82. The molecule has 4 nitrogen and oxygen atoms in total. The van der Waals surface area contributed by atoms with Crippen LogP contribution in [0, 0.1) is 6.92 Å². The van der Waals surface area contributed by atoms with Crippen LogP contribution >= 0.6 is 0 Å². The van der Waals surface area contributed by atoms with E-state index in [2.05, 4.69) is 5.10 Å². The summed E-state index contributed by atoms with van der Waals surface area (Å²) in [6.07, 6.45) is 0.774. The lowest BCUT2D eigenvalue weighted by Gasteiger charge is -2.05. The number of benzene rings is 1. The fraction of sp³-hybridized carbons (Fsp3) is 0.231. The molecule has 1 heterocycles. The predicted octanol–water partition coefficient (Wildman–Crippen LogP) is 1.38. The van der Waals surface area contributed by atoms with E-state index in [1.807, 2.05) is 31.2 Å². The summed E-state index contributed by atoms with van der Waals surface area (Å²) in [7, 11) is 0. The first kappa shape index (κ1) is 11.4. The Morgan fingerprint density at radius 2 is 1.88 bits per heavy atom. The van der Waals surface area contributed by atoms with E-state index in [9.17, 15) is 4.79 Å². The Balaban J connectivity index is 2.09. The minimum absolute atomic E-state index is 0.0638. The maximum Gasteiger partial charge on any atom is 0.266 e. The molecule has 0 saturated carbocycles. The minimum Gasteiger partial charge on any atom is -0.399 e. The maximum atomic E-state index is 11.5. The van der Waals surface area contributed by atoms with Crippen molar-refractivity contribution in [1.82, 2.24) is 9.78 Å². The zero-order valence-corrected chi connectivity index (χ0v) is 9.76. The van der Waals surface area contributed by atoms with Crippen molar-refractivity contribution in [1.29, 1.82) is 0 Å². The molecule has 4 heteroatoms. The van der Waals surface area contributed by atoms with Crippen LogP contribution in [-0.4, -0.2) is 9.78 Å². The highest BCUT2D eigenvalue weighted by atomic mass is 16.1. The Labute approximate surface area is 99.7 Å². The van der Waals surface area contributed by atoms with Crippen molar-refractivity contribution in [2.45, 2.75) is 19.9 Å². The van der Waals surface area contributed by atoms with Gasteiger partial charge in [0.2, 0.25) is 0 Å². The molecule has 0 aliphatic heterocycles. The summed E-state index contributed by atoms with van der Waals surface area (Å²) in [5.74, 6) is 0. The van der Waals surface area contributed by atoms with Gasteiger partial charge in [0, 0.05) is 18.3 Å². The normalized spacial score (nSPS) is 10.4. The van der Waals surface area contributed by atoms with Gasteiger partial charge in [-0.05, 0) is 37.1 Å². The Hall–Kier alpha value is -2.10. The van der Waals surface area contributed by atoms with Crippen molar-refractivity contribution in [3.8, 4) is 0 Å². The van der Waals surface area contributed by atoms with Gasteiger partial charge in [0.15, 0.2) is 0 Å². The number of rotatable bonds is 3. The molecular formula is C13H15N3O. The standard InChI is InChI=1S/C13H15N3O/c1-10-2-7-13(17)16(15-10)9-8-11-3-5-12(14)6-4-11/h2-7H,8-9,14H2,1H3. The largest absolute Gasteiger partial charge is 0.399 e. The summed E-state index contributed by atoms with van der Waals surface area (Å²) in [4.78, 5) is 11.5. The SMILES string of the molecule is Cc1ccc(=O)n(CCc2ccc(N)cc2)n1. The Morgan fingerprint density at radius 1 is 1.18 bits per heavy atom. The zero-order valence-electron chi connectivity index (χ0n) is 9.76. The van der Waals surface area contributed by atoms with Crippen LogP contribution < -0.4 is 11.3 Å². The molecule has 0 aliphatic rings. The molecule has 2 N–H and O–H groups in total. The number of anilines is 1. The molecule has 0 bridgehead atoms. The summed E-state index contributed by atoms with van der Waals surface area (Å²) in [5, 5.41) is 4.18. The van der Waals surface area contributed by atoms with Crippen LogP contribution in [0.2, 0.25) is 0 Å². The van der Waals surface area contributed by atoms with Gasteiger partial charge in [-0.1, -0.05) is 12.1 Å². The van der Waals surface area contributed by atoms with Gasteiger partial charge in [-0.15, -0.1) is 0 Å². The maximum absolute atomic E-state index is 11.5. The average Bonchev–Trinajstić information content (AvgIpc) is 2.32. The van der Waals surface area contributed by atoms with Crippen molar-refractivity contribution in [2.75, 3.05) is 5.73 Å². The van der Waals surface area contributed by atoms with Crippen molar-refractivity contribution in [3.05, 3.63) is 58.0 Å². The summed E-state index contributed by atoms with van der Waals surface area (Å²) in [6, 6.07) is 10.9. The summed E-state index contributed by atoms with van der Waals surface area (Å²) in [5.41, 5.74) is 8.29. The number of nitrogens with two attached hydrogens (primary N) is 1. The number of nitrogens with zero attached hydrogens (tertiary/aromatic N) is 2. The van der Waals surface area contributed by atoms with E-state index in [-0.39, 0.29) is 5.56 Å². The molecule has 0 fully saturated rings. The highest BCUT2D eigenvalue weighted by Gasteiger charge is 1.99. The van der Waals surface area contributed by atoms with Gasteiger partial charge in [-0.2, -0.15) is 5.10 Å². The molecule has 88 valence electrons. The second-order valence-electron chi connectivity index (χ2n) is 4.03. The molecule has 0 saturated heterocycles. The number of aromatic nitrogens is 2. The first-order chi connectivity index (χ1) is 8.15. The molecule has 0 unspecified atom stereocenters. The topological polar surface area (TPSA) is 60.9 Å². The molecule has 0 aliphatic carbocycles. The van der Waals surface area contributed by atoms with E-state index >= 15 is 0 Å². The van der Waals surface area contributed by atoms with E-state index in [1.54, 1.807) is 12.1 Å². The van der Waals surface area contributed by atoms with Crippen LogP contribution in [0.1, 0.15) is 11.3 Å². The Morgan fingerprint density at radius 3 is 2.59 bits per heavy atom. The van der Waals surface area contributed by atoms with E-state index in [1.165, 1.54) is 4.68 Å². The number of nitrogen functional groups attached to an aromatic ring is 1. The number of hydrogen-bond donors (Lipinski definition) is 1. The predicted molar refractivity (Wildman–Crippen MR) is 67.8 cm³/mol. The third-order valence-corrected chi connectivity index (χ3v) is 2.59. The quantitative estimate of drug-likeness (QED) is 0.809. The third kappa shape index (κ3) is 2.93. The summed E-state index contributed by atoms with van der Waals surface area (Å²) >= 11 is 0. The summed E-state index contributed by atoms with van der Waals surface area (Å²) < 4.78 is 1.49. The van der Waals surface area contributed by atoms with Crippen molar-refractivity contribution in [2.24, 2.45) is 0 Å². The fourth-order valence-corrected chi connectivity index (χ4v) is 1.63.